The second-order valence-electron chi connectivity index (χ2n) is 4.99. The van der Waals surface area contributed by atoms with Gasteiger partial charge in [0.15, 0.2) is 0 Å². The summed E-state index contributed by atoms with van der Waals surface area (Å²) in [6.45, 7) is 3.76. The van der Waals surface area contributed by atoms with Crippen molar-refractivity contribution in [1.29, 1.82) is 0 Å². The first-order chi connectivity index (χ1) is 8.85. The number of aryl methyl sites for hydroxylation is 1. The number of anilines is 1. The fourth-order valence-corrected chi connectivity index (χ4v) is 2.56. The first kappa shape index (κ1) is 13.3. The molecule has 0 amide bonds. The van der Waals surface area contributed by atoms with Gasteiger partial charge in [-0.25, -0.2) is 9.97 Å². The Labute approximate surface area is 109 Å². The minimum absolute atomic E-state index is 0.591. The van der Waals surface area contributed by atoms with E-state index in [2.05, 4.69) is 17.2 Å². The van der Waals surface area contributed by atoms with Crippen molar-refractivity contribution in [2.75, 3.05) is 18.4 Å². The third-order valence-electron chi connectivity index (χ3n) is 3.64. The SMILES string of the molecule is CCc1nc(C2CCCC2)ncc1NCCCN. The molecule has 0 atom stereocenters. The van der Waals surface area contributed by atoms with Crippen LogP contribution in [0.1, 0.15) is 56.5 Å². The molecule has 3 N–H and O–H groups in total. The maximum absolute atomic E-state index is 5.50. The lowest BCUT2D eigenvalue weighted by atomic mass is 10.1. The van der Waals surface area contributed by atoms with Gasteiger partial charge in [0.2, 0.25) is 0 Å². The molecule has 0 aliphatic heterocycles. The Morgan fingerprint density at radius 1 is 1.39 bits per heavy atom. The second kappa shape index (κ2) is 6.69. The van der Waals surface area contributed by atoms with Gasteiger partial charge in [-0.1, -0.05) is 19.8 Å². The molecule has 0 radical (unpaired) electrons. The summed E-state index contributed by atoms with van der Waals surface area (Å²) in [5.74, 6) is 1.64. The number of rotatable bonds is 6. The van der Waals surface area contributed by atoms with E-state index in [1.54, 1.807) is 0 Å². The van der Waals surface area contributed by atoms with Crippen LogP contribution in [0.3, 0.4) is 0 Å². The Morgan fingerprint density at radius 3 is 2.83 bits per heavy atom. The van der Waals surface area contributed by atoms with Crippen LogP contribution in [0.5, 0.6) is 0 Å². The van der Waals surface area contributed by atoms with Gasteiger partial charge in [0.25, 0.3) is 0 Å². The van der Waals surface area contributed by atoms with Crippen LogP contribution < -0.4 is 11.1 Å². The minimum Gasteiger partial charge on any atom is -0.382 e. The van der Waals surface area contributed by atoms with Crippen LogP contribution in [-0.4, -0.2) is 23.1 Å². The highest BCUT2D eigenvalue weighted by atomic mass is 15.0. The van der Waals surface area contributed by atoms with Gasteiger partial charge in [-0.3, -0.25) is 0 Å². The van der Waals surface area contributed by atoms with Crippen LogP contribution >= 0.6 is 0 Å². The van der Waals surface area contributed by atoms with Crippen LogP contribution in [0.15, 0.2) is 6.20 Å². The smallest absolute Gasteiger partial charge is 0.131 e. The van der Waals surface area contributed by atoms with Crippen molar-refractivity contribution in [3.8, 4) is 0 Å². The van der Waals surface area contributed by atoms with Crippen molar-refractivity contribution in [2.45, 2.75) is 51.4 Å². The number of hydrogen-bond acceptors (Lipinski definition) is 4. The molecule has 0 aromatic carbocycles. The molecular formula is C14H24N4. The summed E-state index contributed by atoms with van der Waals surface area (Å²) in [5, 5.41) is 3.38. The molecular weight excluding hydrogens is 224 g/mol. The maximum atomic E-state index is 5.50. The van der Waals surface area contributed by atoms with Crippen LogP contribution in [-0.2, 0) is 6.42 Å². The summed E-state index contributed by atoms with van der Waals surface area (Å²) in [7, 11) is 0. The van der Waals surface area contributed by atoms with Crippen molar-refractivity contribution in [3.63, 3.8) is 0 Å². The molecule has 0 unspecified atom stereocenters. The standard InChI is InChI=1S/C14H24N4/c1-2-12-13(16-9-5-8-15)10-17-14(18-12)11-6-3-4-7-11/h10-11,16H,2-9,15H2,1H3. The highest BCUT2D eigenvalue weighted by Gasteiger charge is 2.20. The number of nitrogens with one attached hydrogen (secondary N) is 1. The molecule has 1 saturated carbocycles. The van der Waals surface area contributed by atoms with Crippen LogP contribution in [0, 0.1) is 0 Å². The molecule has 1 heterocycles. The quantitative estimate of drug-likeness (QED) is 0.759. The van der Waals surface area contributed by atoms with Gasteiger partial charge < -0.3 is 11.1 Å². The maximum Gasteiger partial charge on any atom is 0.131 e. The molecule has 18 heavy (non-hydrogen) atoms. The number of nitrogens with zero attached hydrogens (tertiary/aromatic N) is 2. The Kier molecular flexibility index (Phi) is 4.93. The minimum atomic E-state index is 0.591. The number of aromatic nitrogens is 2. The van der Waals surface area contributed by atoms with Crippen LogP contribution in [0.25, 0.3) is 0 Å². The molecule has 2 rings (SSSR count). The Balaban J connectivity index is 2.07. The third-order valence-corrected chi connectivity index (χ3v) is 3.64. The van der Waals surface area contributed by atoms with Crippen LogP contribution in [0.4, 0.5) is 5.69 Å². The van der Waals surface area contributed by atoms with Crippen molar-refractivity contribution >= 4 is 5.69 Å². The van der Waals surface area contributed by atoms with E-state index in [0.29, 0.717) is 5.92 Å². The van der Waals surface area contributed by atoms with E-state index < -0.39 is 0 Å². The Morgan fingerprint density at radius 2 is 2.17 bits per heavy atom. The normalized spacial score (nSPS) is 16.1. The first-order valence-corrected chi connectivity index (χ1v) is 7.15. The highest BCUT2D eigenvalue weighted by molar-refractivity contribution is 5.46. The summed E-state index contributed by atoms with van der Waals surface area (Å²) >= 11 is 0. The van der Waals surface area contributed by atoms with E-state index in [9.17, 15) is 0 Å². The molecule has 1 aliphatic rings. The van der Waals surface area contributed by atoms with Crippen molar-refractivity contribution in [3.05, 3.63) is 17.7 Å². The topological polar surface area (TPSA) is 63.8 Å². The number of nitrogens with two attached hydrogens (primary N) is 1. The predicted octanol–water partition coefficient (Wildman–Crippen LogP) is 2.46. The molecule has 1 fully saturated rings. The zero-order valence-corrected chi connectivity index (χ0v) is 11.3. The molecule has 1 aromatic heterocycles. The van der Waals surface area contributed by atoms with Gasteiger partial charge in [0.1, 0.15) is 5.82 Å². The zero-order chi connectivity index (χ0) is 12.8. The summed E-state index contributed by atoms with van der Waals surface area (Å²) in [4.78, 5) is 9.29. The summed E-state index contributed by atoms with van der Waals surface area (Å²) < 4.78 is 0. The largest absolute Gasteiger partial charge is 0.382 e. The third kappa shape index (κ3) is 3.19. The number of hydrogen-bond donors (Lipinski definition) is 2. The molecule has 1 aliphatic carbocycles. The van der Waals surface area contributed by atoms with E-state index >= 15 is 0 Å². The van der Waals surface area contributed by atoms with Gasteiger partial charge in [-0.15, -0.1) is 0 Å². The molecule has 4 nitrogen and oxygen atoms in total. The van der Waals surface area contributed by atoms with E-state index in [-0.39, 0.29) is 0 Å². The van der Waals surface area contributed by atoms with Crippen LogP contribution in [0.2, 0.25) is 0 Å². The lowest BCUT2D eigenvalue weighted by Crippen LogP contribution is -2.12. The lowest BCUT2D eigenvalue weighted by molar-refractivity contribution is 0.661. The fourth-order valence-electron chi connectivity index (χ4n) is 2.56. The van der Waals surface area contributed by atoms with Crippen molar-refractivity contribution in [2.24, 2.45) is 5.73 Å². The second-order valence-corrected chi connectivity index (χ2v) is 4.99. The van der Waals surface area contributed by atoms with Gasteiger partial charge in [-0.05, 0) is 32.2 Å². The van der Waals surface area contributed by atoms with Gasteiger partial charge in [0, 0.05) is 12.5 Å². The van der Waals surface area contributed by atoms with Gasteiger partial charge in [-0.2, -0.15) is 0 Å². The lowest BCUT2D eigenvalue weighted by Gasteiger charge is -2.13. The zero-order valence-electron chi connectivity index (χ0n) is 11.3. The average molecular weight is 248 g/mol. The van der Waals surface area contributed by atoms with E-state index in [1.165, 1.54) is 25.7 Å². The monoisotopic (exact) mass is 248 g/mol. The van der Waals surface area contributed by atoms with E-state index in [4.69, 9.17) is 10.7 Å². The van der Waals surface area contributed by atoms with Gasteiger partial charge in [0.05, 0.1) is 17.6 Å². The molecule has 4 heteroatoms. The molecule has 100 valence electrons. The van der Waals surface area contributed by atoms with E-state index in [1.807, 2.05) is 6.20 Å². The van der Waals surface area contributed by atoms with Crippen molar-refractivity contribution < 1.29 is 0 Å². The average Bonchev–Trinajstić information content (AvgIpc) is 2.93. The first-order valence-electron chi connectivity index (χ1n) is 7.15. The van der Waals surface area contributed by atoms with Gasteiger partial charge >= 0.3 is 0 Å². The molecule has 1 aromatic rings. The molecule has 0 bridgehead atoms. The van der Waals surface area contributed by atoms with Crippen molar-refractivity contribution in [1.82, 2.24) is 9.97 Å². The fraction of sp³-hybridized carbons (Fsp3) is 0.714. The Bertz CT molecular complexity index is 372. The Hall–Kier alpha value is -1.16. The predicted molar refractivity (Wildman–Crippen MR) is 74.8 cm³/mol. The summed E-state index contributed by atoms with van der Waals surface area (Å²) in [6, 6.07) is 0. The highest BCUT2D eigenvalue weighted by Crippen LogP contribution is 2.32. The molecule has 0 saturated heterocycles. The summed E-state index contributed by atoms with van der Waals surface area (Å²) in [6.07, 6.45) is 9.04. The van der Waals surface area contributed by atoms with E-state index in [0.717, 1.165) is 43.1 Å². The molecule has 0 spiro atoms. The summed E-state index contributed by atoms with van der Waals surface area (Å²) in [5.41, 5.74) is 7.72.